The number of nitrogens with zero attached hydrogens (tertiary/aromatic N) is 3. The summed E-state index contributed by atoms with van der Waals surface area (Å²) >= 11 is 7.63. The van der Waals surface area contributed by atoms with Crippen LogP contribution in [0.25, 0.3) is 0 Å². The molecule has 3 amide bonds. The summed E-state index contributed by atoms with van der Waals surface area (Å²) in [5, 5.41) is 10.4. The molecular weight excluding hydrogens is 562 g/mol. The van der Waals surface area contributed by atoms with Crippen LogP contribution in [-0.2, 0) is 14.4 Å². The molecule has 1 unspecified atom stereocenters. The molecule has 0 aliphatic carbocycles. The first-order chi connectivity index (χ1) is 19.8. The number of hydrogen-bond donors (Lipinski definition) is 1. The van der Waals surface area contributed by atoms with Gasteiger partial charge in [0.1, 0.15) is 11.8 Å². The molecule has 0 aromatic heterocycles. The largest absolute Gasteiger partial charge is 0.494 e. The van der Waals surface area contributed by atoms with Gasteiger partial charge in [0.05, 0.1) is 35.8 Å². The molecule has 41 heavy (non-hydrogen) atoms. The zero-order chi connectivity index (χ0) is 28.9. The molecule has 0 bridgehead atoms. The summed E-state index contributed by atoms with van der Waals surface area (Å²) in [6.45, 7) is 4.60. The molecule has 4 aliphatic heterocycles. The van der Waals surface area contributed by atoms with Crippen LogP contribution in [0.2, 0.25) is 5.02 Å². The monoisotopic (exact) mass is 593 g/mol. The lowest BCUT2D eigenvalue weighted by Crippen LogP contribution is -2.56. The highest BCUT2D eigenvalue weighted by molar-refractivity contribution is 8.02. The van der Waals surface area contributed by atoms with Gasteiger partial charge in [-0.05, 0) is 62.4 Å². The number of amides is 3. The number of anilines is 2. The summed E-state index contributed by atoms with van der Waals surface area (Å²) in [5.41, 5.74) is 1.39. The van der Waals surface area contributed by atoms with Gasteiger partial charge in [-0.3, -0.25) is 14.4 Å². The zero-order valence-electron chi connectivity index (χ0n) is 22.9. The predicted octanol–water partition coefficient (Wildman–Crippen LogP) is 3.92. The Kier molecular flexibility index (Phi) is 7.38. The second-order valence-corrected chi connectivity index (χ2v) is 12.7. The van der Waals surface area contributed by atoms with E-state index in [1.54, 1.807) is 41.0 Å². The van der Waals surface area contributed by atoms with Crippen molar-refractivity contribution < 1.29 is 24.2 Å². The molecule has 2 aromatic rings. The Balaban J connectivity index is 1.41. The first kappa shape index (κ1) is 27.9. The maximum Gasteiger partial charge on any atom is 0.251 e. The first-order valence-corrected chi connectivity index (χ1v) is 15.1. The van der Waals surface area contributed by atoms with Gasteiger partial charge < -0.3 is 24.5 Å². The number of halogens is 1. The van der Waals surface area contributed by atoms with Crippen LogP contribution in [-0.4, -0.2) is 76.1 Å². The number of fused-ring (bicyclic) bond motifs is 2. The molecule has 8 nitrogen and oxygen atoms in total. The standard InChI is InChI=1S/C31H32ClN3O5S/c1-3-40-23-13-11-22(12-14-23)33-16-4-6-24-25(28(33)37)26-29(38)35(19(2)18-36)27-30(39)34(17-5-15-31(26,27)41-24)21-9-7-20(32)8-10-21/h4-15,19,24-27,36H,3,16-18H2,1-2H3/t19-,24+,25-,26+,27?,31+/m1/s1. The number of carbonyl (C=O) groups excluding carboxylic acids is 3. The van der Waals surface area contributed by atoms with Crippen LogP contribution in [0, 0.1) is 11.8 Å². The fourth-order valence-electron chi connectivity index (χ4n) is 6.61. The van der Waals surface area contributed by atoms with Crippen LogP contribution in [0.15, 0.2) is 72.8 Å². The van der Waals surface area contributed by atoms with E-state index in [1.165, 1.54) is 16.7 Å². The molecule has 2 saturated heterocycles. The highest BCUT2D eigenvalue weighted by Gasteiger charge is 2.71. The van der Waals surface area contributed by atoms with Crippen molar-refractivity contribution in [3.8, 4) is 5.75 Å². The van der Waals surface area contributed by atoms with E-state index in [4.69, 9.17) is 16.3 Å². The van der Waals surface area contributed by atoms with E-state index in [2.05, 4.69) is 0 Å². The molecule has 4 aliphatic rings. The molecule has 1 N–H and O–H groups in total. The number of aliphatic hydroxyl groups is 1. The molecule has 10 heteroatoms. The van der Waals surface area contributed by atoms with Crippen LogP contribution in [0.4, 0.5) is 11.4 Å². The third-order valence-electron chi connectivity index (χ3n) is 8.43. The van der Waals surface area contributed by atoms with Crippen LogP contribution in [0.1, 0.15) is 13.8 Å². The van der Waals surface area contributed by atoms with Gasteiger partial charge in [-0.15, -0.1) is 11.8 Å². The second-order valence-electron chi connectivity index (χ2n) is 10.8. The van der Waals surface area contributed by atoms with E-state index < -0.39 is 28.7 Å². The van der Waals surface area contributed by atoms with Gasteiger partial charge in [0.2, 0.25) is 11.8 Å². The smallest absolute Gasteiger partial charge is 0.251 e. The predicted molar refractivity (Wildman–Crippen MR) is 160 cm³/mol. The van der Waals surface area contributed by atoms with E-state index in [9.17, 15) is 19.5 Å². The molecule has 0 saturated carbocycles. The quantitative estimate of drug-likeness (QED) is 0.511. The Labute approximate surface area is 248 Å². The van der Waals surface area contributed by atoms with Crippen molar-refractivity contribution >= 4 is 52.5 Å². The van der Waals surface area contributed by atoms with Gasteiger partial charge >= 0.3 is 0 Å². The van der Waals surface area contributed by atoms with E-state index in [1.807, 2.05) is 55.5 Å². The SMILES string of the molecule is CCOc1ccc(N2CC=C[C@@H]3S[C@]45C=CCN(c6ccc(Cl)cc6)C(=O)C4N([C@H](C)CO)C(=O)[C@@H]5[C@@H]3C2=O)cc1. The summed E-state index contributed by atoms with van der Waals surface area (Å²) in [6, 6.07) is 12.9. The molecule has 2 aromatic carbocycles. The Morgan fingerprint density at radius 1 is 0.976 bits per heavy atom. The molecular formula is C31H32ClN3O5S. The van der Waals surface area contributed by atoms with E-state index in [0.717, 1.165) is 11.4 Å². The van der Waals surface area contributed by atoms with Crippen LogP contribution in [0.3, 0.4) is 0 Å². The number of likely N-dealkylation sites (tertiary alicyclic amines) is 1. The minimum Gasteiger partial charge on any atom is -0.494 e. The minimum atomic E-state index is -0.962. The highest BCUT2D eigenvalue weighted by atomic mass is 35.5. The highest BCUT2D eigenvalue weighted by Crippen LogP contribution is 2.61. The first-order valence-electron chi connectivity index (χ1n) is 13.9. The van der Waals surface area contributed by atoms with E-state index >= 15 is 0 Å². The van der Waals surface area contributed by atoms with Crippen molar-refractivity contribution in [2.75, 3.05) is 36.1 Å². The van der Waals surface area contributed by atoms with Crippen molar-refractivity contribution in [3.05, 3.63) is 77.9 Å². The third-order valence-corrected chi connectivity index (χ3v) is 10.4. The van der Waals surface area contributed by atoms with E-state index in [0.29, 0.717) is 30.4 Å². The van der Waals surface area contributed by atoms with Gasteiger partial charge in [0, 0.05) is 34.7 Å². The third kappa shape index (κ3) is 4.45. The fraction of sp³-hybridized carbons (Fsp3) is 0.387. The Hall–Kier alpha value is -3.27. The van der Waals surface area contributed by atoms with Crippen molar-refractivity contribution in [1.29, 1.82) is 0 Å². The second kappa shape index (κ2) is 10.9. The number of aliphatic hydroxyl groups excluding tert-OH is 1. The topological polar surface area (TPSA) is 90.4 Å². The minimum absolute atomic E-state index is 0.149. The summed E-state index contributed by atoms with van der Waals surface area (Å²) in [7, 11) is 0. The molecule has 214 valence electrons. The lowest BCUT2D eigenvalue weighted by molar-refractivity contribution is -0.141. The van der Waals surface area contributed by atoms with Gasteiger partial charge in [0.25, 0.3) is 5.91 Å². The molecule has 4 heterocycles. The summed E-state index contributed by atoms with van der Waals surface area (Å²) in [5.74, 6) is -1.38. The number of carbonyl (C=O) groups is 3. The molecule has 0 radical (unpaired) electrons. The average molecular weight is 594 g/mol. The molecule has 1 spiro atoms. The zero-order valence-corrected chi connectivity index (χ0v) is 24.4. The van der Waals surface area contributed by atoms with E-state index in [-0.39, 0.29) is 29.6 Å². The molecule has 6 atom stereocenters. The van der Waals surface area contributed by atoms with Crippen LogP contribution < -0.4 is 14.5 Å². The Bertz CT molecular complexity index is 1410. The Morgan fingerprint density at radius 3 is 2.27 bits per heavy atom. The van der Waals surface area contributed by atoms with Gasteiger partial charge in [-0.1, -0.05) is 35.9 Å². The lowest BCUT2D eigenvalue weighted by Gasteiger charge is -2.37. The van der Waals surface area contributed by atoms with Crippen molar-refractivity contribution in [3.63, 3.8) is 0 Å². The number of ether oxygens (including phenoxy) is 1. The average Bonchev–Trinajstić information content (AvgIpc) is 3.30. The van der Waals surface area contributed by atoms with Crippen LogP contribution >= 0.6 is 23.4 Å². The summed E-state index contributed by atoms with van der Waals surface area (Å²) in [4.78, 5) is 47.9. The van der Waals surface area contributed by atoms with Gasteiger partial charge in [-0.2, -0.15) is 0 Å². The number of thioether (sulfide) groups is 1. The Morgan fingerprint density at radius 2 is 1.61 bits per heavy atom. The fourth-order valence-corrected chi connectivity index (χ4v) is 8.73. The van der Waals surface area contributed by atoms with Crippen molar-refractivity contribution in [2.45, 2.75) is 35.9 Å². The van der Waals surface area contributed by atoms with Gasteiger partial charge in [0.15, 0.2) is 0 Å². The van der Waals surface area contributed by atoms with Gasteiger partial charge in [-0.25, -0.2) is 0 Å². The van der Waals surface area contributed by atoms with Crippen molar-refractivity contribution in [2.24, 2.45) is 11.8 Å². The summed E-state index contributed by atoms with van der Waals surface area (Å²) < 4.78 is 4.61. The summed E-state index contributed by atoms with van der Waals surface area (Å²) in [6.07, 6.45) is 7.88. The number of benzene rings is 2. The molecule has 6 rings (SSSR count). The molecule has 2 fully saturated rings. The normalized spacial score (nSPS) is 29.7. The van der Waals surface area contributed by atoms with Crippen LogP contribution in [0.5, 0.6) is 5.75 Å². The lowest BCUT2D eigenvalue weighted by atomic mass is 9.78. The number of hydrogen-bond acceptors (Lipinski definition) is 6. The van der Waals surface area contributed by atoms with Crippen molar-refractivity contribution in [1.82, 2.24) is 4.90 Å². The number of rotatable bonds is 6. The maximum absolute atomic E-state index is 14.4. The maximum atomic E-state index is 14.4.